The summed E-state index contributed by atoms with van der Waals surface area (Å²) in [7, 11) is 0. The zero-order valence-corrected chi connectivity index (χ0v) is 8.01. The Morgan fingerprint density at radius 1 is 1.53 bits per heavy atom. The van der Waals surface area contributed by atoms with Crippen molar-refractivity contribution in [2.45, 2.75) is 12.8 Å². The Kier molecular flexibility index (Phi) is 3.77. The Morgan fingerprint density at radius 2 is 2.27 bits per heavy atom. The van der Waals surface area contributed by atoms with E-state index in [4.69, 9.17) is 11.7 Å². The van der Waals surface area contributed by atoms with Gasteiger partial charge in [-0.3, -0.25) is 10.1 Å². The largest absolute Gasteiger partial charge is 0.396 e. The van der Waals surface area contributed by atoms with E-state index in [0.717, 1.165) is 0 Å². The summed E-state index contributed by atoms with van der Waals surface area (Å²) in [6.07, 6.45) is 0.934. The van der Waals surface area contributed by atoms with E-state index in [0.29, 0.717) is 18.4 Å². The summed E-state index contributed by atoms with van der Waals surface area (Å²) in [6.45, 7) is 6.75. The van der Waals surface area contributed by atoms with Crippen molar-refractivity contribution in [1.82, 2.24) is 0 Å². The van der Waals surface area contributed by atoms with Crippen LogP contribution in [-0.2, 0) is 6.42 Å². The molecule has 1 rings (SSSR count). The van der Waals surface area contributed by atoms with Crippen LogP contribution < -0.4 is 0 Å². The maximum atomic E-state index is 10.7. The molecule has 0 atom stereocenters. The van der Waals surface area contributed by atoms with Crippen molar-refractivity contribution in [2.75, 3.05) is 6.61 Å². The van der Waals surface area contributed by atoms with E-state index in [1.165, 1.54) is 6.07 Å². The first-order valence-electron chi connectivity index (χ1n) is 4.44. The van der Waals surface area contributed by atoms with Gasteiger partial charge in [-0.05, 0) is 12.8 Å². The quantitative estimate of drug-likeness (QED) is 0.465. The maximum absolute atomic E-state index is 10.7. The van der Waals surface area contributed by atoms with Gasteiger partial charge in [-0.2, -0.15) is 0 Å². The number of nitrogens with zero attached hydrogens (tertiary/aromatic N) is 2. The predicted molar refractivity (Wildman–Crippen MR) is 54.8 cm³/mol. The lowest BCUT2D eigenvalue weighted by Gasteiger charge is -2.01. The molecular weight excluding hydrogens is 196 g/mol. The topological polar surface area (TPSA) is 67.7 Å². The number of rotatable bonds is 4. The van der Waals surface area contributed by atoms with Crippen LogP contribution >= 0.6 is 0 Å². The van der Waals surface area contributed by atoms with Crippen LogP contribution in [0.4, 0.5) is 11.4 Å². The van der Waals surface area contributed by atoms with Gasteiger partial charge in [0.2, 0.25) is 0 Å². The molecule has 0 aromatic heterocycles. The summed E-state index contributed by atoms with van der Waals surface area (Å²) in [5, 5.41) is 19.3. The maximum Gasteiger partial charge on any atom is 0.262 e. The fourth-order valence-corrected chi connectivity index (χ4v) is 1.27. The van der Waals surface area contributed by atoms with E-state index in [2.05, 4.69) is 4.85 Å². The molecule has 0 radical (unpaired) electrons. The van der Waals surface area contributed by atoms with Crippen LogP contribution in [0.2, 0.25) is 0 Å². The number of aliphatic hydroxyl groups is 1. The normalized spacial score (nSPS) is 9.60. The van der Waals surface area contributed by atoms with Crippen LogP contribution in [0.1, 0.15) is 12.0 Å². The van der Waals surface area contributed by atoms with Crippen molar-refractivity contribution >= 4 is 11.4 Å². The molecule has 0 fully saturated rings. The van der Waals surface area contributed by atoms with Gasteiger partial charge in [-0.1, -0.05) is 12.1 Å². The molecule has 0 saturated carbocycles. The molecule has 0 heterocycles. The SMILES string of the molecule is [C-]#[N+]c1ccc(CCCO)c([N+](=O)[O-])c1. The van der Waals surface area contributed by atoms with Crippen LogP contribution in [-0.4, -0.2) is 16.6 Å². The summed E-state index contributed by atoms with van der Waals surface area (Å²) < 4.78 is 0. The van der Waals surface area contributed by atoms with Gasteiger partial charge in [0.1, 0.15) is 0 Å². The summed E-state index contributed by atoms with van der Waals surface area (Å²) in [5.41, 5.74) is 0.771. The first-order chi connectivity index (χ1) is 7.19. The van der Waals surface area contributed by atoms with Gasteiger partial charge >= 0.3 is 0 Å². The fourth-order valence-electron chi connectivity index (χ4n) is 1.27. The minimum absolute atomic E-state index is 0.00171. The molecule has 5 heteroatoms. The van der Waals surface area contributed by atoms with Crippen molar-refractivity contribution in [3.8, 4) is 0 Å². The Hall–Kier alpha value is -1.93. The first kappa shape index (κ1) is 11.1. The van der Waals surface area contributed by atoms with Crippen molar-refractivity contribution in [3.05, 3.63) is 45.3 Å². The molecule has 0 bridgehead atoms. The Labute approximate surface area is 86.9 Å². The van der Waals surface area contributed by atoms with Gasteiger partial charge in [-0.25, -0.2) is 4.85 Å². The number of hydrogen-bond acceptors (Lipinski definition) is 3. The van der Waals surface area contributed by atoms with Gasteiger partial charge in [0, 0.05) is 18.2 Å². The number of aliphatic hydroxyl groups excluding tert-OH is 1. The molecule has 78 valence electrons. The fraction of sp³-hybridized carbons (Fsp3) is 0.300. The zero-order chi connectivity index (χ0) is 11.3. The average molecular weight is 206 g/mol. The minimum atomic E-state index is -0.499. The van der Waals surface area contributed by atoms with Crippen LogP contribution in [0.25, 0.3) is 4.85 Å². The second-order valence-electron chi connectivity index (χ2n) is 3.01. The van der Waals surface area contributed by atoms with Crippen molar-refractivity contribution in [3.63, 3.8) is 0 Å². The highest BCUT2D eigenvalue weighted by Crippen LogP contribution is 2.25. The molecule has 0 aliphatic heterocycles. The standard InChI is InChI=1S/C10H10N2O3/c1-11-9-5-4-8(3-2-6-13)10(7-9)12(14)15/h4-5,7,13H,2-3,6H2. The summed E-state index contributed by atoms with van der Waals surface area (Å²) in [4.78, 5) is 13.3. The lowest BCUT2D eigenvalue weighted by Crippen LogP contribution is -1.96. The number of nitro groups is 1. The molecular formula is C10H10N2O3. The van der Waals surface area contributed by atoms with Crippen LogP contribution in [0.5, 0.6) is 0 Å². The molecule has 1 aromatic carbocycles. The molecule has 0 saturated heterocycles. The molecule has 0 aliphatic carbocycles. The van der Waals surface area contributed by atoms with Crippen LogP contribution in [0.3, 0.4) is 0 Å². The second kappa shape index (κ2) is 5.08. The van der Waals surface area contributed by atoms with E-state index >= 15 is 0 Å². The van der Waals surface area contributed by atoms with E-state index < -0.39 is 4.92 Å². The highest BCUT2D eigenvalue weighted by molar-refractivity contribution is 5.55. The van der Waals surface area contributed by atoms with Gasteiger partial charge in [0.15, 0.2) is 5.69 Å². The van der Waals surface area contributed by atoms with Crippen molar-refractivity contribution < 1.29 is 10.0 Å². The Balaban J connectivity index is 3.05. The molecule has 0 aliphatic rings. The number of aryl methyl sites for hydroxylation is 1. The van der Waals surface area contributed by atoms with Crippen molar-refractivity contribution in [1.29, 1.82) is 0 Å². The second-order valence-corrected chi connectivity index (χ2v) is 3.01. The third-order valence-electron chi connectivity index (χ3n) is 2.00. The van der Waals surface area contributed by atoms with E-state index in [1.807, 2.05) is 0 Å². The van der Waals surface area contributed by atoms with Crippen LogP contribution in [0, 0.1) is 16.7 Å². The van der Waals surface area contributed by atoms with Crippen LogP contribution in [0.15, 0.2) is 18.2 Å². The number of hydrogen-bond donors (Lipinski definition) is 1. The Morgan fingerprint density at radius 3 is 2.80 bits per heavy atom. The third-order valence-corrected chi connectivity index (χ3v) is 2.00. The van der Waals surface area contributed by atoms with E-state index in [1.54, 1.807) is 12.1 Å². The lowest BCUT2D eigenvalue weighted by molar-refractivity contribution is -0.385. The van der Waals surface area contributed by atoms with Crippen molar-refractivity contribution in [2.24, 2.45) is 0 Å². The van der Waals surface area contributed by atoms with E-state index in [-0.39, 0.29) is 18.0 Å². The number of nitro benzene ring substituents is 1. The third kappa shape index (κ3) is 2.76. The lowest BCUT2D eigenvalue weighted by atomic mass is 10.1. The molecule has 0 spiro atoms. The molecule has 15 heavy (non-hydrogen) atoms. The summed E-state index contributed by atoms with van der Waals surface area (Å²) >= 11 is 0. The molecule has 1 N–H and O–H groups in total. The van der Waals surface area contributed by atoms with Gasteiger partial charge in [-0.15, -0.1) is 0 Å². The molecule has 5 nitrogen and oxygen atoms in total. The van der Waals surface area contributed by atoms with E-state index in [9.17, 15) is 10.1 Å². The minimum Gasteiger partial charge on any atom is -0.396 e. The van der Waals surface area contributed by atoms with Gasteiger partial charge < -0.3 is 5.11 Å². The zero-order valence-electron chi connectivity index (χ0n) is 8.01. The predicted octanol–water partition coefficient (Wildman–Crippen LogP) is 2.07. The summed E-state index contributed by atoms with van der Waals surface area (Å²) in [6, 6.07) is 4.38. The highest BCUT2D eigenvalue weighted by Gasteiger charge is 2.13. The first-order valence-corrected chi connectivity index (χ1v) is 4.44. The molecule has 0 amide bonds. The molecule has 1 aromatic rings. The summed E-state index contributed by atoms with van der Waals surface area (Å²) in [5.74, 6) is 0. The van der Waals surface area contributed by atoms with Gasteiger partial charge in [0.25, 0.3) is 5.69 Å². The molecule has 0 unspecified atom stereocenters. The van der Waals surface area contributed by atoms with Gasteiger partial charge in [0.05, 0.1) is 11.5 Å². The monoisotopic (exact) mass is 206 g/mol. The smallest absolute Gasteiger partial charge is 0.262 e. The Bertz CT molecular complexity index is 410. The average Bonchev–Trinajstić information content (AvgIpc) is 2.26. The number of benzene rings is 1. The highest BCUT2D eigenvalue weighted by atomic mass is 16.6.